The van der Waals surface area contributed by atoms with Gasteiger partial charge in [0.1, 0.15) is 0 Å². The molecule has 0 bridgehead atoms. The highest BCUT2D eigenvalue weighted by atomic mass is 19.1. The lowest BCUT2D eigenvalue weighted by molar-refractivity contribution is 0.785. The molecule has 0 heterocycles. The number of nitrogens with one attached hydrogen (secondary N) is 2. The molecule has 9 heavy (non-hydrogen) atoms. The molecule has 0 aromatic carbocycles. The Balaban J connectivity index is 3.69. The van der Waals surface area contributed by atoms with Gasteiger partial charge in [-0.2, -0.15) is 4.39 Å². The summed E-state index contributed by atoms with van der Waals surface area (Å²) < 4.78 is 11.9. The van der Waals surface area contributed by atoms with Crippen molar-refractivity contribution in [1.29, 1.82) is 5.41 Å². The first-order valence-corrected chi connectivity index (χ1v) is 2.53. The molecule has 0 fully saturated rings. The van der Waals surface area contributed by atoms with Crippen LogP contribution in [0.15, 0.2) is 11.6 Å². The second-order valence-corrected chi connectivity index (χ2v) is 1.61. The maximum atomic E-state index is 11.9. The molecule has 4 heteroatoms. The number of hydrogen-bond acceptors (Lipinski definition) is 3. The Morgan fingerprint density at radius 2 is 2.44 bits per heavy atom. The van der Waals surface area contributed by atoms with E-state index in [1.165, 1.54) is 13.0 Å². The first kappa shape index (κ1) is 8.26. The molecular formula is C5H10FN3. The normalized spacial score (nSPS) is 11.7. The van der Waals surface area contributed by atoms with Crippen molar-refractivity contribution >= 4 is 5.97 Å². The number of hydrogen-bond donors (Lipinski definition) is 3. The van der Waals surface area contributed by atoms with Crippen molar-refractivity contribution < 1.29 is 4.39 Å². The molecule has 0 aromatic rings. The van der Waals surface area contributed by atoms with Crippen molar-refractivity contribution in [1.82, 2.24) is 5.43 Å². The Kier molecular flexibility index (Phi) is 3.83. The quantitative estimate of drug-likeness (QED) is 0.294. The summed E-state index contributed by atoms with van der Waals surface area (Å²) in [6.07, 6.45) is 1.50. The fraction of sp³-hybridized carbons (Fsp3) is 0.400. The molecule has 0 aliphatic rings. The van der Waals surface area contributed by atoms with Gasteiger partial charge in [-0.3, -0.25) is 16.7 Å². The van der Waals surface area contributed by atoms with Crippen molar-refractivity contribution in [3.05, 3.63) is 11.6 Å². The third kappa shape index (κ3) is 3.81. The summed E-state index contributed by atoms with van der Waals surface area (Å²) in [7, 11) is 0. The fourth-order valence-corrected chi connectivity index (χ4v) is 0.302. The van der Waals surface area contributed by atoms with Crippen molar-refractivity contribution in [3.8, 4) is 0 Å². The summed E-state index contributed by atoms with van der Waals surface area (Å²) in [5.74, 6) is 3.98. The fourth-order valence-electron chi connectivity index (χ4n) is 0.302. The number of hydrazine groups is 1. The molecule has 4 N–H and O–H groups in total. The highest BCUT2D eigenvalue weighted by Crippen LogP contribution is 1.93. The Hall–Kier alpha value is -0.740. The topological polar surface area (TPSA) is 61.9 Å². The van der Waals surface area contributed by atoms with E-state index in [0.29, 0.717) is 12.1 Å². The molecule has 0 aliphatic heterocycles. The zero-order valence-electron chi connectivity index (χ0n) is 5.24. The summed E-state index contributed by atoms with van der Waals surface area (Å²) in [5.41, 5.74) is 2.61. The van der Waals surface area contributed by atoms with Crippen LogP contribution in [0.4, 0.5) is 4.39 Å². The minimum atomic E-state index is -0.912. The summed E-state index contributed by atoms with van der Waals surface area (Å²) in [6, 6.07) is 0. The lowest BCUT2D eigenvalue weighted by Gasteiger charge is -1.92. The van der Waals surface area contributed by atoms with Gasteiger partial charge in [-0.25, -0.2) is 0 Å². The lowest BCUT2D eigenvalue weighted by atomic mass is 10.3. The molecule has 0 aliphatic carbocycles. The number of rotatable bonds is 3. The molecule has 3 nitrogen and oxygen atoms in total. The second-order valence-electron chi connectivity index (χ2n) is 1.61. The molecule has 0 spiro atoms. The third-order valence-electron chi connectivity index (χ3n) is 0.872. The van der Waals surface area contributed by atoms with Crippen LogP contribution in [-0.2, 0) is 0 Å². The van der Waals surface area contributed by atoms with Crippen LogP contribution in [0.1, 0.15) is 6.92 Å². The Bertz CT molecular complexity index is 130. The van der Waals surface area contributed by atoms with Gasteiger partial charge in [0.05, 0.1) is 0 Å². The van der Waals surface area contributed by atoms with Crippen LogP contribution in [0.5, 0.6) is 0 Å². The van der Waals surface area contributed by atoms with E-state index in [2.05, 4.69) is 5.43 Å². The van der Waals surface area contributed by atoms with E-state index in [9.17, 15) is 4.39 Å². The van der Waals surface area contributed by atoms with Crippen LogP contribution in [0.25, 0.3) is 0 Å². The predicted molar refractivity (Wildman–Crippen MR) is 34.8 cm³/mol. The van der Waals surface area contributed by atoms with E-state index in [4.69, 9.17) is 11.3 Å². The Morgan fingerprint density at radius 3 is 2.78 bits per heavy atom. The van der Waals surface area contributed by atoms with E-state index >= 15 is 0 Å². The molecule has 0 rings (SSSR count). The van der Waals surface area contributed by atoms with Crippen molar-refractivity contribution in [2.24, 2.45) is 5.84 Å². The minimum absolute atomic E-state index is 0.299. The standard InChI is InChI=1S/C5H10FN3/c1-4(5(6)7)2-3-9-8/h2,7,9H,3,8H2,1H3/b4-2-,7-5?. The zero-order chi connectivity index (χ0) is 7.28. The van der Waals surface area contributed by atoms with Crippen molar-refractivity contribution in [3.63, 3.8) is 0 Å². The van der Waals surface area contributed by atoms with Crippen LogP contribution in [-0.4, -0.2) is 12.5 Å². The largest absolute Gasteiger partial charge is 0.274 e. The van der Waals surface area contributed by atoms with E-state index in [-0.39, 0.29) is 0 Å². The van der Waals surface area contributed by atoms with Gasteiger partial charge >= 0.3 is 0 Å². The van der Waals surface area contributed by atoms with Crippen LogP contribution >= 0.6 is 0 Å². The van der Waals surface area contributed by atoms with Crippen LogP contribution in [0.2, 0.25) is 0 Å². The molecule has 0 atom stereocenters. The molecule has 0 amide bonds. The van der Waals surface area contributed by atoms with E-state index in [1.807, 2.05) is 0 Å². The van der Waals surface area contributed by atoms with Gasteiger partial charge in [-0.1, -0.05) is 6.08 Å². The maximum Gasteiger partial charge on any atom is 0.208 e. The number of nitrogens with two attached hydrogens (primary N) is 1. The smallest absolute Gasteiger partial charge is 0.208 e. The van der Waals surface area contributed by atoms with Gasteiger partial charge in [-0.15, -0.1) is 0 Å². The van der Waals surface area contributed by atoms with Crippen LogP contribution < -0.4 is 11.3 Å². The Morgan fingerprint density at radius 1 is 1.89 bits per heavy atom. The molecule has 52 valence electrons. The van der Waals surface area contributed by atoms with E-state index < -0.39 is 5.97 Å². The van der Waals surface area contributed by atoms with E-state index in [1.54, 1.807) is 0 Å². The average molecular weight is 131 g/mol. The minimum Gasteiger partial charge on any atom is -0.274 e. The first-order valence-electron chi connectivity index (χ1n) is 2.53. The first-order chi connectivity index (χ1) is 4.18. The molecular weight excluding hydrogens is 121 g/mol. The highest BCUT2D eigenvalue weighted by molar-refractivity contribution is 5.89. The molecule has 0 saturated carbocycles. The lowest BCUT2D eigenvalue weighted by Crippen LogP contribution is -2.21. The molecule has 0 saturated heterocycles. The van der Waals surface area contributed by atoms with Crippen molar-refractivity contribution in [2.75, 3.05) is 6.54 Å². The van der Waals surface area contributed by atoms with Gasteiger partial charge in [0, 0.05) is 12.1 Å². The summed E-state index contributed by atoms with van der Waals surface area (Å²) >= 11 is 0. The van der Waals surface area contributed by atoms with Crippen LogP contribution in [0.3, 0.4) is 0 Å². The van der Waals surface area contributed by atoms with Gasteiger partial charge in [0.15, 0.2) is 0 Å². The second kappa shape index (κ2) is 4.17. The van der Waals surface area contributed by atoms with Gasteiger partial charge in [0.2, 0.25) is 5.97 Å². The average Bonchev–Trinajstić information content (AvgIpc) is 1.82. The summed E-state index contributed by atoms with van der Waals surface area (Å²) in [6.45, 7) is 1.90. The van der Waals surface area contributed by atoms with Gasteiger partial charge in [0.25, 0.3) is 0 Å². The monoisotopic (exact) mass is 131 g/mol. The van der Waals surface area contributed by atoms with Gasteiger partial charge in [-0.05, 0) is 6.92 Å². The van der Waals surface area contributed by atoms with Crippen LogP contribution in [0, 0.1) is 5.41 Å². The number of allylic oxidation sites excluding steroid dienone is 1. The SMILES string of the molecule is C/C(=C/CNN)C(=N)F. The highest BCUT2D eigenvalue weighted by Gasteiger charge is 1.92. The van der Waals surface area contributed by atoms with E-state index in [0.717, 1.165) is 0 Å². The molecule has 0 radical (unpaired) electrons. The molecule has 0 aromatic heterocycles. The number of halogens is 1. The Labute approximate surface area is 53.2 Å². The summed E-state index contributed by atoms with van der Waals surface area (Å²) in [5, 5.41) is 6.48. The molecule has 0 unspecified atom stereocenters. The predicted octanol–water partition coefficient (Wildman–Crippen LogP) is 0.343. The van der Waals surface area contributed by atoms with Crippen molar-refractivity contribution in [2.45, 2.75) is 6.92 Å². The summed E-state index contributed by atoms with van der Waals surface area (Å²) in [4.78, 5) is 0. The van der Waals surface area contributed by atoms with Gasteiger partial charge < -0.3 is 0 Å². The third-order valence-corrected chi connectivity index (χ3v) is 0.872. The maximum absolute atomic E-state index is 11.9. The zero-order valence-corrected chi connectivity index (χ0v) is 5.24.